The van der Waals surface area contributed by atoms with E-state index in [1.165, 1.54) is 12.4 Å². The van der Waals surface area contributed by atoms with E-state index in [1.807, 2.05) is 0 Å². The summed E-state index contributed by atoms with van der Waals surface area (Å²) >= 11 is 2.07. The van der Waals surface area contributed by atoms with Crippen LogP contribution >= 0.6 is 22.6 Å². The molecule has 11 heavy (non-hydrogen) atoms. The monoisotopic (exact) mass is 264 g/mol. The lowest BCUT2D eigenvalue weighted by Gasteiger charge is -1.79. The first-order valence-electron chi connectivity index (χ1n) is 2.87. The van der Waals surface area contributed by atoms with Crippen LogP contribution in [0.3, 0.4) is 0 Å². The molecule has 0 bridgehead atoms. The normalized spacial score (nSPS) is 14.2. The molecule has 0 saturated carbocycles. The van der Waals surface area contributed by atoms with Crippen LogP contribution < -0.4 is 5.73 Å². The summed E-state index contributed by atoms with van der Waals surface area (Å²) in [7, 11) is 0. The van der Waals surface area contributed by atoms with Gasteiger partial charge in [0, 0.05) is 12.4 Å². The number of nitrogens with two attached hydrogens (primary N) is 1. The first kappa shape index (κ1) is 10.3. The van der Waals surface area contributed by atoms with Crippen LogP contribution in [0.25, 0.3) is 0 Å². The van der Waals surface area contributed by atoms with Gasteiger partial charge in [0.1, 0.15) is 5.84 Å². The van der Waals surface area contributed by atoms with E-state index in [9.17, 15) is 0 Å². The molecule has 0 aromatic carbocycles. The van der Waals surface area contributed by atoms with Gasteiger partial charge in [0.2, 0.25) is 0 Å². The molecule has 0 saturated heterocycles. The van der Waals surface area contributed by atoms with Gasteiger partial charge in [0.15, 0.2) is 0 Å². The van der Waals surface area contributed by atoms with Crippen LogP contribution in [0.15, 0.2) is 25.5 Å². The van der Waals surface area contributed by atoms with Crippen molar-refractivity contribution in [1.29, 1.82) is 0 Å². The van der Waals surface area contributed by atoms with Crippen molar-refractivity contribution in [3.63, 3.8) is 0 Å². The van der Waals surface area contributed by atoms with E-state index >= 15 is 0 Å². The number of aliphatic imine (C=N–C) groups is 1. The molecule has 4 nitrogen and oxygen atoms in total. The van der Waals surface area contributed by atoms with E-state index in [4.69, 9.17) is 5.73 Å². The predicted molar refractivity (Wildman–Crippen MR) is 57.4 cm³/mol. The zero-order chi connectivity index (χ0) is 8.53. The maximum absolute atomic E-state index is 5.21. The van der Waals surface area contributed by atoms with Crippen LogP contribution in [0.5, 0.6) is 0 Å². The fraction of sp³-hybridized carbons (Fsp3) is 0.167. The summed E-state index contributed by atoms with van der Waals surface area (Å²) in [5.41, 5.74) is 5.21. The maximum Gasteiger partial charge on any atom is 0.119 e. The second kappa shape index (κ2) is 7.39. The Morgan fingerprint density at radius 2 is 2.18 bits per heavy atom. The van der Waals surface area contributed by atoms with Crippen molar-refractivity contribution in [2.75, 3.05) is 0 Å². The molecule has 2 N–H and O–H groups in total. The molecule has 60 valence electrons. The largest absolute Gasteiger partial charge is 0.386 e. The molecule has 0 aliphatic heterocycles. The van der Waals surface area contributed by atoms with Gasteiger partial charge >= 0.3 is 0 Å². The zero-order valence-electron chi connectivity index (χ0n) is 6.11. The number of amidine groups is 1. The van der Waals surface area contributed by atoms with Crippen LogP contribution in [0.2, 0.25) is 0 Å². The summed E-state index contributed by atoms with van der Waals surface area (Å²) in [5, 5.41) is 7.16. The van der Waals surface area contributed by atoms with Gasteiger partial charge in [-0.15, -0.1) is 5.10 Å². The molecule has 0 unspecified atom stereocenters. The predicted octanol–water partition coefficient (Wildman–Crippen LogP) is 1.33. The van der Waals surface area contributed by atoms with Crippen molar-refractivity contribution in [1.82, 2.24) is 0 Å². The molecule has 0 atom stereocenters. The molecule has 0 radical (unpaired) electrons. The lowest BCUT2D eigenvalue weighted by Crippen LogP contribution is -2.03. The van der Waals surface area contributed by atoms with Crippen molar-refractivity contribution in [3.05, 3.63) is 10.3 Å². The molecule has 0 aliphatic carbocycles. The topological polar surface area (TPSA) is 63.1 Å². The molecule has 0 fully saturated rings. The third-order valence-corrected chi connectivity index (χ3v) is 0.899. The summed E-state index contributed by atoms with van der Waals surface area (Å²) in [6, 6.07) is 0. The maximum atomic E-state index is 5.21. The van der Waals surface area contributed by atoms with Crippen LogP contribution in [-0.2, 0) is 0 Å². The summed E-state index contributed by atoms with van der Waals surface area (Å²) in [4.78, 5) is 3.81. The third kappa shape index (κ3) is 9.28. The van der Waals surface area contributed by atoms with Gasteiger partial charge in [0.05, 0.1) is 6.21 Å². The Morgan fingerprint density at radius 1 is 1.45 bits per heavy atom. The SMILES string of the molecule is CC(N)=NN=CC=N/C=C\I. The molecular weight excluding hydrogens is 255 g/mol. The van der Waals surface area contributed by atoms with Crippen molar-refractivity contribution in [2.24, 2.45) is 20.9 Å². The molecular formula is C6H9IN4. The molecule has 5 heteroatoms. The standard InChI is InChI=1S/C6H9IN4/c1-6(8)11-10-5-4-9-3-2-7/h2-5H,1H3,(H2,8,11)/b3-2-,9-4?,10-5?. The second-order valence-electron chi connectivity index (χ2n) is 1.58. The van der Waals surface area contributed by atoms with Gasteiger partial charge < -0.3 is 5.73 Å². The van der Waals surface area contributed by atoms with E-state index in [2.05, 4.69) is 37.8 Å². The Labute approximate surface area is 79.1 Å². The van der Waals surface area contributed by atoms with Crippen molar-refractivity contribution < 1.29 is 0 Å². The first-order valence-corrected chi connectivity index (χ1v) is 4.12. The number of halogens is 1. The molecule has 0 spiro atoms. The van der Waals surface area contributed by atoms with Gasteiger partial charge in [-0.25, -0.2) is 0 Å². The number of rotatable bonds is 3. The van der Waals surface area contributed by atoms with Crippen molar-refractivity contribution >= 4 is 40.9 Å². The molecule has 0 heterocycles. The minimum absolute atomic E-state index is 0.430. The summed E-state index contributed by atoms with van der Waals surface area (Å²) in [5.74, 6) is 0.430. The van der Waals surface area contributed by atoms with Crippen molar-refractivity contribution in [3.8, 4) is 0 Å². The molecule has 0 aliphatic rings. The van der Waals surface area contributed by atoms with E-state index in [1.54, 1.807) is 17.2 Å². The van der Waals surface area contributed by atoms with Gasteiger partial charge in [-0.3, -0.25) is 4.99 Å². The van der Waals surface area contributed by atoms with E-state index < -0.39 is 0 Å². The Balaban J connectivity index is 3.69. The second-order valence-corrected chi connectivity index (χ2v) is 2.30. The molecule has 0 aromatic heterocycles. The van der Waals surface area contributed by atoms with E-state index in [-0.39, 0.29) is 0 Å². The highest BCUT2D eigenvalue weighted by atomic mass is 127. The fourth-order valence-corrected chi connectivity index (χ4v) is 0.461. The minimum atomic E-state index is 0.430. The Hall–Kier alpha value is -0.720. The molecule has 0 aromatic rings. The van der Waals surface area contributed by atoms with E-state index in [0.29, 0.717) is 5.84 Å². The Kier molecular flexibility index (Phi) is 6.90. The van der Waals surface area contributed by atoms with Crippen LogP contribution in [-0.4, -0.2) is 18.3 Å². The lowest BCUT2D eigenvalue weighted by atomic mass is 10.7. The summed E-state index contributed by atoms with van der Waals surface area (Å²) < 4.78 is 1.79. The van der Waals surface area contributed by atoms with Gasteiger partial charge in [-0.2, -0.15) is 5.10 Å². The lowest BCUT2D eigenvalue weighted by molar-refractivity contribution is 1.23. The Bertz CT molecular complexity index is 201. The number of nitrogens with zero attached hydrogens (tertiary/aromatic N) is 3. The smallest absolute Gasteiger partial charge is 0.119 e. The number of hydrogen-bond donors (Lipinski definition) is 1. The van der Waals surface area contributed by atoms with Crippen LogP contribution in [0, 0.1) is 0 Å². The highest BCUT2D eigenvalue weighted by Gasteiger charge is 1.70. The van der Waals surface area contributed by atoms with Crippen molar-refractivity contribution in [2.45, 2.75) is 6.92 Å². The molecule has 0 amide bonds. The Morgan fingerprint density at radius 3 is 2.73 bits per heavy atom. The van der Waals surface area contributed by atoms with Crippen LogP contribution in [0.4, 0.5) is 0 Å². The zero-order valence-corrected chi connectivity index (χ0v) is 8.26. The highest BCUT2D eigenvalue weighted by molar-refractivity contribution is 14.1. The van der Waals surface area contributed by atoms with E-state index in [0.717, 1.165) is 0 Å². The van der Waals surface area contributed by atoms with Gasteiger partial charge in [0.25, 0.3) is 0 Å². The quantitative estimate of drug-likeness (QED) is 0.355. The minimum Gasteiger partial charge on any atom is -0.386 e. The highest BCUT2D eigenvalue weighted by Crippen LogP contribution is 1.81. The third-order valence-electron chi connectivity index (χ3n) is 0.577. The molecule has 0 rings (SSSR count). The number of hydrogen-bond acceptors (Lipinski definition) is 3. The average Bonchev–Trinajstić information content (AvgIpc) is 1.96. The van der Waals surface area contributed by atoms with Crippen LogP contribution in [0.1, 0.15) is 6.92 Å². The first-order chi connectivity index (χ1) is 5.27. The summed E-state index contributed by atoms with van der Waals surface area (Å²) in [6.07, 6.45) is 4.64. The average molecular weight is 264 g/mol. The summed E-state index contributed by atoms with van der Waals surface area (Å²) in [6.45, 7) is 1.67. The fourth-order valence-electron chi connectivity index (χ4n) is 0.275. The van der Waals surface area contributed by atoms with Gasteiger partial charge in [-0.1, -0.05) is 22.6 Å². The van der Waals surface area contributed by atoms with Gasteiger partial charge in [-0.05, 0) is 11.0 Å².